The Morgan fingerprint density at radius 3 is 2.33 bits per heavy atom. The lowest BCUT2D eigenvalue weighted by molar-refractivity contribution is 0.0680. The second-order valence-corrected chi connectivity index (χ2v) is 4.72. The Bertz CT molecular complexity index is 748. The van der Waals surface area contributed by atoms with E-state index < -0.39 is 11.9 Å². The second-order valence-electron chi connectivity index (χ2n) is 4.72. The van der Waals surface area contributed by atoms with Gasteiger partial charge in [0.15, 0.2) is 0 Å². The van der Waals surface area contributed by atoms with E-state index in [1.165, 1.54) is 12.1 Å². The smallest absolute Gasteiger partial charge is 0.336 e. The summed E-state index contributed by atoms with van der Waals surface area (Å²) in [5.74, 6) is -1.58. The zero-order valence-electron chi connectivity index (χ0n) is 11.0. The molecule has 1 aliphatic rings. The fourth-order valence-corrected chi connectivity index (χ4v) is 2.66. The van der Waals surface area contributed by atoms with E-state index in [-0.39, 0.29) is 11.1 Å². The lowest BCUT2D eigenvalue weighted by Crippen LogP contribution is -2.10. The molecule has 1 aliphatic heterocycles. The summed E-state index contributed by atoms with van der Waals surface area (Å²) in [6, 6.07) is 9.76. The summed E-state index contributed by atoms with van der Waals surface area (Å²) in [7, 11) is 0. The summed E-state index contributed by atoms with van der Waals surface area (Å²) in [5.41, 5.74) is 1.77. The number of ether oxygens (including phenoxy) is 1. The third kappa shape index (κ3) is 2.12. The van der Waals surface area contributed by atoms with Crippen molar-refractivity contribution in [3.05, 3.63) is 53.1 Å². The minimum absolute atomic E-state index is 0.0907. The van der Waals surface area contributed by atoms with Crippen molar-refractivity contribution in [1.29, 1.82) is 0 Å². The lowest BCUT2D eigenvalue weighted by atomic mass is 9.89. The number of hydrogen-bond acceptors (Lipinski definition) is 3. The average Bonchev–Trinajstić information content (AvgIpc) is 2.65. The maximum absolute atomic E-state index is 11.5. The maximum Gasteiger partial charge on any atom is 0.336 e. The number of aromatic carboxylic acids is 2. The highest BCUT2D eigenvalue weighted by Crippen LogP contribution is 2.39. The Morgan fingerprint density at radius 2 is 1.62 bits per heavy atom. The highest BCUT2D eigenvalue weighted by molar-refractivity contribution is 6.02. The molecule has 0 saturated heterocycles. The molecule has 0 amide bonds. The molecule has 0 radical (unpaired) electrons. The molecule has 0 bridgehead atoms. The number of carboxylic acid groups (broad SMARTS) is 2. The van der Waals surface area contributed by atoms with E-state index >= 15 is 0 Å². The van der Waals surface area contributed by atoms with Crippen LogP contribution in [0.15, 0.2) is 36.4 Å². The molecule has 21 heavy (non-hydrogen) atoms. The van der Waals surface area contributed by atoms with Gasteiger partial charge in [0, 0.05) is 17.5 Å². The van der Waals surface area contributed by atoms with Gasteiger partial charge in [0.25, 0.3) is 0 Å². The van der Waals surface area contributed by atoms with Crippen molar-refractivity contribution in [2.24, 2.45) is 0 Å². The van der Waals surface area contributed by atoms with Gasteiger partial charge in [-0.05, 0) is 23.8 Å². The van der Waals surface area contributed by atoms with Gasteiger partial charge in [-0.3, -0.25) is 0 Å². The molecule has 0 aromatic heterocycles. The summed E-state index contributed by atoms with van der Waals surface area (Å²) in [6.07, 6.45) is 0.354. The van der Waals surface area contributed by atoms with Gasteiger partial charge in [0.1, 0.15) is 5.75 Å². The molecular formula is C16H12O5. The van der Waals surface area contributed by atoms with Gasteiger partial charge >= 0.3 is 11.9 Å². The molecule has 2 aromatic rings. The number of para-hydroxylation sites is 1. The monoisotopic (exact) mass is 284 g/mol. The minimum atomic E-state index is -1.08. The lowest BCUT2D eigenvalue weighted by Gasteiger charge is -2.13. The van der Waals surface area contributed by atoms with Crippen molar-refractivity contribution < 1.29 is 24.5 Å². The fraction of sp³-hybridized carbons (Fsp3) is 0.125. The zero-order valence-corrected chi connectivity index (χ0v) is 11.0. The Kier molecular flexibility index (Phi) is 3.10. The van der Waals surface area contributed by atoms with Crippen LogP contribution in [0.2, 0.25) is 0 Å². The average molecular weight is 284 g/mol. The summed E-state index contributed by atoms with van der Waals surface area (Å²) in [5, 5.41) is 18.7. The quantitative estimate of drug-likeness (QED) is 0.885. The molecular weight excluding hydrogens is 272 g/mol. The van der Waals surface area contributed by atoms with Crippen molar-refractivity contribution in [1.82, 2.24) is 0 Å². The molecule has 0 aliphatic carbocycles. The van der Waals surface area contributed by atoms with E-state index in [0.717, 1.165) is 0 Å². The van der Waals surface area contributed by atoms with Crippen molar-refractivity contribution >= 4 is 11.9 Å². The van der Waals surface area contributed by atoms with Crippen LogP contribution in [0.4, 0.5) is 0 Å². The predicted molar refractivity (Wildman–Crippen MR) is 75.0 cm³/mol. The molecule has 1 heterocycles. The fourth-order valence-electron chi connectivity index (χ4n) is 2.66. The van der Waals surface area contributed by atoms with Gasteiger partial charge < -0.3 is 14.9 Å². The van der Waals surface area contributed by atoms with E-state index in [4.69, 9.17) is 4.74 Å². The van der Waals surface area contributed by atoms with Gasteiger partial charge in [0.2, 0.25) is 0 Å². The number of carbonyl (C=O) groups is 2. The first-order valence-electron chi connectivity index (χ1n) is 6.44. The SMILES string of the molecule is O=C(O)c1ccc(C(=O)O)c2c1CCOc1ccccc1-2. The zero-order chi connectivity index (χ0) is 15.0. The highest BCUT2D eigenvalue weighted by Gasteiger charge is 2.25. The number of hydrogen-bond donors (Lipinski definition) is 2. The third-order valence-electron chi connectivity index (χ3n) is 3.54. The van der Waals surface area contributed by atoms with Crippen LogP contribution in [-0.2, 0) is 6.42 Å². The number of rotatable bonds is 2. The van der Waals surface area contributed by atoms with E-state index in [1.807, 2.05) is 0 Å². The first-order chi connectivity index (χ1) is 10.1. The molecule has 0 spiro atoms. The molecule has 5 nitrogen and oxygen atoms in total. The topological polar surface area (TPSA) is 83.8 Å². The van der Waals surface area contributed by atoms with Crippen molar-refractivity contribution in [2.75, 3.05) is 6.61 Å². The first-order valence-corrected chi connectivity index (χ1v) is 6.44. The Labute approximate surface area is 120 Å². The van der Waals surface area contributed by atoms with Gasteiger partial charge in [-0.25, -0.2) is 9.59 Å². The van der Waals surface area contributed by atoms with Crippen LogP contribution in [0.5, 0.6) is 5.75 Å². The molecule has 0 saturated carbocycles. The van der Waals surface area contributed by atoms with E-state index in [2.05, 4.69) is 0 Å². The number of fused-ring (bicyclic) bond motifs is 3. The second kappa shape index (κ2) is 4.94. The molecule has 2 N–H and O–H groups in total. The Hall–Kier alpha value is -2.82. The highest BCUT2D eigenvalue weighted by atomic mass is 16.5. The van der Waals surface area contributed by atoms with Crippen LogP contribution in [0.3, 0.4) is 0 Å². The Morgan fingerprint density at radius 1 is 0.952 bits per heavy atom. The van der Waals surface area contributed by atoms with E-state index in [9.17, 15) is 19.8 Å². The van der Waals surface area contributed by atoms with Crippen LogP contribution < -0.4 is 4.74 Å². The number of carboxylic acids is 2. The summed E-state index contributed by atoms with van der Waals surface area (Å²) in [4.78, 5) is 22.9. The largest absolute Gasteiger partial charge is 0.493 e. The van der Waals surface area contributed by atoms with Crippen LogP contribution in [0.25, 0.3) is 11.1 Å². The van der Waals surface area contributed by atoms with Crippen LogP contribution in [0.1, 0.15) is 26.3 Å². The van der Waals surface area contributed by atoms with Gasteiger partial charge in [-0.1, -0.05) is 18.2 Å². The summed E-state index contributed by atoms with van der Waals surface area (Å²) >= 11 is 0. The molecule has 3 rings (SSSR count). The van der Waals surface area contributed by atoms with Crippen LogP contribution in [-0.4, -0.2) is 28.8 Å². The Balaban J connectivity index is 2.40. The molecule has 0 atom stereocenters. The van der Waals surface area contributed by atoms with Gasteiger partial charge in [-0.15, -0.1) is 0 Å². The molecule has 5 heteroatoms. The van der Waals surface area contributed by atoms with E-state index in [0.29, 0.717) is 35.5 Å². The first kappa shape index (κ1) is 13.2. The molecule has 0 fully saturated rings. The van der Waals surface area contributed by atoms with Crippen molar-refractivity contribution in [3.8, 4) is 16.9 Å². The van der Waals surface area contributed by atoms with Crippen LogP contribution >= 0.6 is 0 Å². The molecule has 0 unspecified atom stereocenters. The number of benzene rings is 2. The van der Waals surface area contributed by atoms with Crippen molar-refractivity contribution in [2.45, 2.75) is 6.42 Å². The standard InChI is InChI=1S/C16H12O5/c17-15(18)10-5-6-12(16(19)20)14-9(10)7-8-21-13-4-2-1-3-11(13)14/h1-6H,7-8H2,(H,17,18)(H,19,20). The van der Waals surface area contributed by atoms with E-state index in [1.54, 1.807) is 24.3 Å². The summed E-state index contributed by atoms with van der Waals surface area (Å²) in [6.45, 7) is 0.313. The minimum Gasteiger partial charge on any atom is -0.493 e. The molecule has 2 aromatic carbocycles. The maximum atomic E-state index is 11.5. The normalized spacial score (nSPS) is 12.6. The van der Waals surface area contributed by atoms with Crippen molar-refractivity contribution in [3.63, 3.8) is 0 Å². The predicted octanol–water partition coefficient (Wildman–Crippen LogP) is 2.68. The van der Waals surface area contributed by atoms with Crippen LogP contribution in [0, 0.1) is 0 Å². The third-order valence-corrected chi connectivity index (χ3v) is 3.54. The van der Waals surface area contributed by atoms with Gasteiger partial charge in [0.05, 0.1) is 17.7 Å². The van der Waals surface area contributed by atoms with Gasteiger partial charge in [-0.2, -0.15) is 0 Å². The summed E-state index contributed by atoms with van der Waals surface area (Å²) < 4.78 is 5.61. The molecule has 106 valence electrons.